The number of amides is 1. The van der Waals surface area contributed by atoms with Gasteiger partial charge in [-0.15, -0.1) is 0 Å². The van der Waals surface area contributed by atoms with E-state index >= 15 is 0 Å². The fourth-order valence-electron chi connectivity index (χ4n) is 1.86. The number of nitrogens with zero attached hydrogens (tertiary/aromatic N) is 1. The molecular formula is C14H23N3O3S. The van der Waals surface area contributed by atoms with Crippen LogP contribution in [0.1, 0.15) is 19.4 Å². The van der Waals surface area contributed by atoms with E-state index in [0.29, 0.717) is 19.6 Å². The third-order valence-electron chi connectivity index (χ3n) is 3.04. The normalized spacial score (nSPS) is 11.6. The lowest BCUT2D eigenvalue weighted by molar-refractivity contribution is -0.119. The first kappa shape index (κ1) is 17.6. The van der Waals surface area contributed by atoms with Gasteiger partial charge in [0.05, 0.1) is 6.54 Å². The highest BCUT2D eigenvalue weighted by atomic mass is 32.2. The maximum atomic E-state index is 11.8. The quantitative estimate of drug-likeness (QED) is 0.698. The van der Waals surface area contributed by atoms with Gasteiger partial charge >= 0.3 is 0 Å². The molecule has 0 aliphatic rings. The number of hydrogen-bond donors (Lipinski definition) is 2. The number of rotatable bonds is 9. The first-order valence-corrected chi connectivity index (χ1v) is 8.49. The summed E-state index contributed by atoms with van der Waals surface area (Å²) in [6.07, 6.45) is 0.718. The molecule has 2 N–H and O–H groups in total. The van der Waals surface area contributed by atoms with Gasteiger partial charge in [0.25, 0.3) is 10.2 Å². The van der Waals surface area contributed by atoms with Crippen LogP contribution in [0, 0.1) is 0 Å². The summed E-state index contributed by atoms with van der Waals surface area (Å²) in [5, 5.41) is 2.69. The molecule has 21 heavy (non-hydrogen) atoms. The number of benzene rings is 1. The van der Waals surface area contributed by atoms with Gasteiger partial charge in [0.15, 0.2) is 0 Å². The van der Waals surface area contributed by atoms with Crippen molar-refractivity contribution in [2.24, 2.45) is 0 Å². The molecule has 1 aromatic rings. The van der Waals surface area contributed by atoms with Crippen molar-refractivity contribution in [2.45, 2.75) is 20.3 Å². The van der Waals surface area contributed by atoms with E-state index in [0.717, 1.165) is 12.0 Å². The Balaban J connectivity index is 2.31. The van der Waals surface area contributed by atoms with Crippen LogP contribution >= 0.6 is 0 Å². The molecule has 0 aromatic heterocycles. The molecule has 0 saturated carbocycles. The van der Waals surface area contributed by atoms with Gasteiger partial charge < -0.3 is 5.32 Å². The van der Waals surface area contributed by atoms with Crippen LogP contribution in [0.2, 0.25) is 0 Å². The molecule has 1 aromatic carbocycles. The highest BCUT2D eigenvalue weighted by molar-refractivity contribution is 7.87. The molecule has 118 valence electrons. The SMILES string of the molecule is CCN(CC)S(=O)(=O)NCC(=O)NCCc1ccccc1. The number of nitrogens with one attached hydrogen (secondary N) is 2. The largest absolute Gasteiger partial charge is 0.355 e. The van der Waals surface area contributed by atoms with Crippen molar-refractivity contribution in [2.75, 3.05) is 26.2 Å². The third kappa shape index (κ3) is 6.24. The fourth-order valence-corrected chi connectivity index (χ4v) is 3.04. The van der Waals surface area contributed by atoms with E-state index in [9.17, 15) is 13.2 Å². The van der Waals surface area contributed by atoms with Crippen molar-refractivity contribution in [3.63, 3.8) is 0 Å². The standard InChI is InChI=1S/C14H23N3O3S/c1-3-17(4-2)21(19,20)16-12-14(18)15-11-10-13-8-6-5-7-9-13/h5-9,16H,3-4,10-12H2,1-2H3,(H,15,18). The average molecular weight is 313 g/mol. The van der Waals surface area contributed by atoms with Crippen molar-refractivity contribution in [1.82, 2.24) is 14.3 Å². The summed E-state index contributed by atoms with van der Waals surface area (Å²) < 4.78 is 27.2. The van der Waals surface area contributed by atoms with Crippen LogP contribution in [0.25, 0.3) is 0 Å². The minimum absolute atomic E-state index is 0.242. The van der Waals surface area contributed by atoms with Crippen LogP contribution in [-0.4, -0.2) is 44.8 Å². The van der Waals surface area contributed by atoms with Gasteiger partial charge in [0, 0.05) is 19.6 Å². The summed E-state index contributed by atoms with van der Waals surface area (Å²) in [5.74, 6) is -0.332. The van der Waals surface area contributed by atoms with Gasteiger partial charge in [-0.3, -0.25) is 4.79 Å². The monoisotopic (exact) mass is 313 g/mol. The van der Waals surface area contributed by atoms with Crippen molar-refractivity contribution in [3.8, 4) is 0 Å². The molecule has 0 radical (unpaired) electrons. The van der Waals surface area contributed by atoms with Gasteiger partial charge in [-0.1, -0.05) is 44.2 Å². The summed E-state index contributed by atoms with van der Waals surface area (Å²) in [6, 6.07) is 9.78. The predicted molar refractivity (Wildman–Crippen MR) is 83.0 cm³/mol. The molecule has 0 bridgehead atoms. The maximum Gasteiger partial charge on any atom is 0.279 e. The Labute approximate surface area is 126 Å². The van der Waals surface area contributed by atoms with Crippen LogP contribution in [0.5, 0.6) is 0 Å². The summed E-state index contributed by atoms with van der Waals surface area (Å²) in [5.41, 5.74) is 1.13. The van der Waals surface area contributed by atoms with E-state index in [1.165, 1.54) is 4.31 Å². The van der Waals surface area contributed by atoms with Crippen molar-refractivity contribution in [3.05, 3.63) is 35.9 Å². The van der Waals surface area contributed by atoms with E-state index < -0.39 is 10.2 Å². The third-order valence-corrected chi connectivity index (χ3v) is 4.74. The van der Waals surface area contributed by atoms with Crippen LogP contribution in [0.4, 0.5) is 0 Å². The van der Waals surface area contributed by atoms with Crippen molar-refractivity contribution in [1.29, 1.82) is 0 Å². The van der Waals surface area contributed by atoms with Crippen molar-refractivity contribution < 1.29 is 13.2 Å². The van der Waals surface area contributed by atoms with Crippen molar-refractivity contribution >= 4 is 16.1 Å². The van der Waals surface area contributed by atoms with Crippen LogP contribution < -0.4 is 10.0 Å². The van der Waals surface area contributed by atoms with Gasteiger partial charge in [-0.2, -0.15) is 17.4 Å². The highest BCUT2D eigenvalue weighted by Gasteiger charge is 2.18. The predicted octanol–water partition coefficient (Wildman–Crippen LogP) is 0.522. The molecule has 6 nitrogen and oxygen atoms in total. The second kappa shape index (κ2) is 8.76. The van der Waals surface area contributed by atoms with E-state index in [4.69, 9.17) is 0 Å². The fraction of sp³-hybridized carbons (Fsp3) is 0.500. The molecule has 1 amide bonds. The Morgan fingerprint density at radius 3 is 2.33 bits per heavy atom. The molecule has 0 unspecified atom stereocenters. The molecule has 0 saturated heterocycles. The van der Waals surface area contributed by atoms with Gasteiger partial charge in [-0.05, 0) is 12.0 Å². The molecule has 0 aliphatic carbocycles. The minimum atomic E-state index is -3.57. The minimum Gasteiger partial charge on any atom is -0.355 e. The van der Waals surface area contributed by atoms with Gasteiger partial charge in [0.1, 0.15) is 0 Å². The lowest BCUT2D eigenvalue weighted by Gasteiger charge is -2.18. The van der Waals surface area contributed by atoms with Crippen LogP contribution in [0.15, 0.2) is 30.3 Å². The lowest BCUT2D eigenvalue weighted by atomic mass is 10.1. The molecule has 0 atom stereocenters. The van der Waals surface area contributed by atoms with Crippen LogP contribution in [0.3, 0.4) is 0 Å². The first-order valence-electron chi connectivity index (χ1n) is 7.05. The lowest BCUT2D eigenvalue weighted by Crippen LogP contribution is -2.45. The van der Waals surface area contributed by atoms with E-state index in [1.54, 1.807) is 13.8 Å². The summed E-state index contributed by atoms with van der Waals surface area (Å²) in [6.45, 7) is 4.50. The first-order chi connectivity index (χ1) is 9.99. The molecule has 0 fully saturated rings. The van der Waals surface area contributed by atoms with Gasteiger partial charge in [-0.25, -0.2) is 0 Å². The van der Waals surface area contributed by atoms with Crippen LogP contribution in [-0.2, 0) is 21.4 Å². The second-order valence-corrected chi connectivity index (χ2v) is 6.25. The average Bonchev–Trinajstić information content (AvgIpc) is 2.47. The molecular weight excluding hydrogens is 290 g/mol. The Morgan fingerprint density at radius 1 is 1.14 bits per heavy atom. The summed E-state index contributed by atoms with van der Waals surface area (Å²) in [4.78, 5) is 11.6. The highest BCUT2D eigenvalue weighted by Crippen LogP contribution is 1.98. The van der Waals surface area contributed by atoms with E-state index in [2.05, 4.69) is 10.0 Å². The Morgan fingerprint density at radius 2 is 1.76 bits per heavy atom. The Hall–Kier alpha value is -1.44. The molecule has 0 heterocycles. The summed E-state index contributed by atoms with van der Waals surface area (Å²) in [7, 11) is -3.57. The maximum absolute atomic E-state index is 11.8. The second-order valence-electron chi connectivity index (χ2n) is 4.50. The number of carbonyl (C=O) groups is 1. The smallest absolute Gasteiger partial charge is 0.279 e. The topological polar surface area (TPSA) is 78.5 Å². The van der Waals surface area contributed by atoms with E-state index in [-0.39, 0.29) is 12.5 Å². The molecule has 0 spiro atoms. The number of hydrogen-bond acceptors (Lipinski definition) is 3. The molecule has 0 aliphatic heterocycles. The van der Waals surface area contributed by atoms with Gasteiger partial charge in [0.2, 0.25) is 5.91 Å². The zero-order valence-electron chi connectivity index (χ0n) is 12.5. The molecule has 7 heteroatoms. The zero-order chi connectivity index (χ0) is 15.7. The Kier molecular flexibility index (Phi) is 7.35. The molecule has 1 rings (SSSR count). The number of carbonyl (C=O) groups excluding carboxylic acids is 1. The summed E-state index contributed by atoms with van der Waals surface area (Å²) >= 11 is 0. The zero-order valence-corrected chi connectivity index (χ0v) is 13.3. The van der Waals surface area contributed by atoms with E-state index in [1.807, 2.05) is 30.3 Å². The Bertz CT molecular complexity index is 528.